The van der Waals surface area contributed by atoms with Crippen LogP contribution in [-0.2, 0) is 11.2 Å². The number of nitrogens with one attached hydrogen (secondary N) is 1. The Bertz CT molecular complexity index is 483. The summed E-state index contributed by atoms with van der Waals surface area (Å²) in [6.45, 7) is 2.38. The molecule has 1 aromatic heterocycles. The average molecular weight is 283 g/mol. The second kappa shape index (κ2) is 6.06. The van der Waals surface area contributed by atoms with Gasteiger partial charge in [0.2, 0.25) is 5.91 Å². The van der Waals surface area contributed by atoms with Gasteiger partial charge in [-0.05, 0) is 18.9 Å². The van der Waals surface area contributed by atoms with Gasteiger partial charge < -0.3 is 15.2 Å². The van der Waals surface area contributed by atoms with Crippen molar-refractivity contribution in [2.75, 3.05) is 6.61 Å². The number of amides is 1. The number of aryl methyl sites for hydroxylation is 1. The molecule has 5 nitrogen and oxygen atoms in total. The fraction of sp³-hybridized carbons (Fsp3) is 0.538. The van der Waals surface area contributed by atoms with E-state index in [0.29, 0.717) is 18.8 Å². The maximum Gasteiger partial charge on any atom is 0.349 e. The summed E-state index contributed by atoms with van der Waals surface area (Å²) in [7, 11) is 0. The molecule has 0 saturated carbocycles. The third-order valence-electron chi connectivity index (χ3n) is 2.96. The molecule has 0 bridgehead atoms. The van der Waals surface area contributed by atoms with Crippen LogP contribution < -0.4 is 10.1 Å². The summed E-state index contributed by atoms with van der Waals surface area (Å²) in [4.78, 5) is 23.5. The van der Waals surface area contributed by atoms with Gasteiger partial charge in [0.05, 0.1) is 6.04 Å². The minimum atomic E-state index is -0.960. The Balaban J connectivity index is 2.01. The molecule has 1 unspecified atom stereocenters. The molecule has 0 radical (unpaired) electrons. The van der Waals surface area contributed by atoms with Crippen LogP contribution in [0.1, 0.15) is 40.7 Å². The molecular weight excluding hydrogens is 266 g/mol. The molecule has 0 aromatic carbocycles. The van der Waals surface area contributed by atoms with Crippen LogP contribution in [0.3, 0.4) is 0 Å². The second-order valence-electron chi connectivity index (χ2n) is 4.58. The van der Waals surface area contributed by atoms with E-state index in [1.54, 1.807) is 6.07 Å². The topological polar surface area (TPSA) is 75.6 Å². The standard InChI is InChI=1S/C13H17NO4S/c1-2-3-9-6-10(12(19-9)13(16)17)18-7-8-4-5-11(15)14-8/h6,8H,2-5,7H2,1H3,(H,14,15)(H,16,17). The van der Waals surface area contributed by atoms with Gasteiger partial charge in [0.1, 0.15) is 12.4 Å². The average Bonchev–Trinajstić information content (AvgIpc) is 2.93. The summed E-state index contributed by atoms with van der Waals surface area (Å²) in [6.07, 6.45) is 3.09. The lowest BCUT2D eigenvalue weighted by Gasteiger charge is -2.11. The quantitative estimate of drug-likeness (QED) is 0.838. The third kappa shape index (κ3) is 3.47. The Labute approximate surface area is 115 Å². The molecule has 6 heteroatoms. The zero-order chi connectivity index (χ0) is 13.8. The second-order valence-corrected chi connectivity index (χ2v) is 5.71. The summed E-state index contributed by atoms with van der Waals surface area (Å²) < 4.78 is 5.57. The number of hydrogen-bond acceptors (Lipinski definition) is 4. The molecule has 0 spiro atoms. The molecule has 19 heavy (non-hydrogen) atoms. The predicted octanol–water partition coefficient (Wildman–Crippen LogP) is 2.06. The van der Waals surface area contributed by atoms with Crippen LogP contribution in [0, 0.1) is 0 Å². The minimum absolute atomic E-state index is 0.0105. The Morgan fingerprint density at radius 3 is 3.00 bits per heavy atom. The summed E-state index contributed by atoms with van der Waals surface area (Å²) in [5, 5.41) is 11.9. The highest BCUT2D eigenvalue weighted by atomic mass is 32.1. The van der Waals surface area contributed by atoms with Crippen molar-refractivity contribution in [2.45, 2.75) is 38.6 Å². The first-order valence-corrected chi connectivity index (χ1v) is 7.20. The van der Waals surface area contributed by atoms with Crippen LogP contribution in [0.15, 0.2) is 6.07 Å². The van der Waals surface area contributed by atoms with Gasteiger partial charge in [-0.25, -0.2) is 4.79 Å². The van der Waals surface area contributed by atoms with Crippen LogP contribution in [-0.4, -0.2) is 29.6 Å². The lowest BCUT2D eigenvalue weighted by molar-refractivity contribution is -0.119. The van der Waals surface area contributed by atoms with Crippen molar-refractivity contribution in [2.24, 2.45) is 0 Å². The third-order valence-corrected chi connectivity index (χ3v) is 4.13. The summed E-state index contributed by atoms with van der Waals surface area (Å²) in [6, 6.07) is 1.79. The lowest BCUT2D eigenvalue weighted by Crippen LogP contribution is -2.31. The van der Waals surface area contributed by atoms with Crippen molar-refractivity contribution in [1.29, 1.82) is 0 Å². The molecule has 2 heterocycles. The van der Waals surface area contributed by atoms with Crippen molar-refractivity contribution >= 4 is 23.2 Å². The van der Waals surface area contributed by atoms with Crippen molar-refractivity contribution in [3.63, 3.8) is 0 Å². The van der Waals surface area contributed by atoms with E-state index in [1.807, 2.05) is 0 Å². The van der Waals surface area contributed by atoms with E-state index < -0.39 is 5.97 Å². The minimum Gasteiger partial charge on any atom is -0.490 e. The Morgan fingerprint density at radius 1 is 1.63 bits per heavy atom. The Morgan fingerprint density at radius 2 is 2.42 bits per heavy atom. The molecule has 104 valence electrons. The Kier molecular flexibility index (Phi) is 4.42. The first kappa shape index (κ1) is 13.9. The van der Waals surface area contributed by atoms with Gasteiger partial charge in [-0.3, -0.25) is 4.79 Å². The smallest absolute Gasteiger partial charge is 0.349 e. The highest BCUT2D eigenvalue weighted by Crippen LogP contribution is 2.30. The fourth-order valence-corrected chi connectivity index (χ4v) is 3.08. The number of carbonyl (C=O) groups is 2. The molecule has 2 N–H and O–H groups in total. The van der Waals surface area contributed by atoms with Gasteiger partial charge in [-0.2, -0.15) is 0 Å². The van der Waals surface area contributed by atoms with Crippen molar-refractivity contribution in [3.05, 3.63) is 15.8 Å². The number of carboxylic acid groups (broad SMARTS) is 1. The van der Waals surface area contributed by atoms with Crippen molar-refractivity contribution in [1.82, 2.24) is 5.32 Å². The van der Waals surface area contributed by atoms with Crippen molar-refractivity contribution in [3.8, 4) is 5.75 Å². The highest BCUT2D eigenvalue weighted by Gasteiger charge is 2.23. The number of carbonyl (C=O) groups excluding carboxylic acids is 1. The van der Waals surface area contributed by atoms with Gasteiger partial charge in [0.25, 0.3) is 0 Å². The SMILES string of the molecule is CCCc1cc(OCC2CCC(=O)N2)c(C(=O)O)s1. The lowest BCUT2D eigenvalue weighted by atomic mass is 10.2. The number of thiophene rings is 1. The molecule has 1 aliphatic rings. The van der Waals surface area contributed by atoms with E-state index >= 15 is 0 Å². The highest BCUT2D eigenvalue weighted by molar-refractivity contribution is 7.14. The fourth-order valence-electron chi connectivity index (χ4n) is 2.04. The number of ether oxygens (including phenoxy) is 1. The van der Waals surface area contributed by atoms with Crippen molar-refractivity contribution < 1.29 is 19.4 Å². The van der Waals surface area contributed by atoms with Gasteiger partial charge >= 0.3 is 5.97 Å². The summed E-state index contributed by atoms with van der Waals surface area (Å²) in [5.41, 5.74) is 0. The largest absolute Gasteiger partial charge is 0.490 e. The first-order chi connectivity index (χ1) is 9.10. The maximum atomic E-state index is 11.1. The molecule has 1 atom stereocenters. The molecule has 1 fully saturated rings. The zero-order valence-electron chi connectivity index (χ0n) is 10.8. The van der Waals surface area contributed by atoms with Crippen LogP contribution in [0.25, 0.3) is 0 Å². The maximum absolute atomic E-state index is 11.1. The zero-order valence-corrected chi connectivity index (χ0v) is 11.6. The van der Waals surface area contributed by atoms with Gasteiger partial charge in [0.15, 0.2) is 4.88 Å². The number of hydrogen-bond donors (Lipinski definition) is 2. The predicted molar refractivity (Wildman–Crippen MR) is 71.9 cm³/mol. The van der Waals surface area contributed by atoms with Crippen LogP contribution in [0.4, 0.5) is 0 Å². The van der Waals surface area contributed by atoms with E-state index in [0.717, 1.165) is 24.1 Å². The molecular formula is C13H17NO4S. The van der Waals surface area contributed by atoms with Gasteiger partial charge in [-0.15, -0.1) is 11.3 Å². The van der Waals surface area contributed by atoms with E-state index in [4.69, 9.17) is 9.84 Å². The molecule has 1 aromatic rings. The van der Waals surface area contributed by atoms with E-state index in [-0.39, 0.29) is 16.8 Å². The molecule has 2 rings (SSSR count). The first-order valence-electron chi connectivity index (χ1n) is 6.38. The number of aromatic carboxylic acids is 1. The van der Waals surface area contributed by atoms with Crippen LogP contribution in [0.5, 0.6) is 5.75 Å². The van der Waals surface area contributed by atoms with E-state index in [2.05, 4.69) is 12.2 Å². The van der Waals surface area contributed by atoms with Gasteiger partial charge in [0, 0.05) is 11.3 Å². The normalized spacial score (nSPS) is 18.4. The monoisotopic (exact) mass is 283 g/mol. The molecule has 1 saturated heterocycles. The van der Waals surface area contributed by atoms with E-state index in [1.165, 1.54) is 11.3 Å². The summed E-state index contributed by atoms with van der Waals surface area (Å²) in [5.74, 6) is -0.510. The number of rotatable bonds is 6. The molecule has 1 aliphatic heterocycles. The number of carboxylic acids is 1. The summed E-state index contributed by atoms with van der Waals surface area (Å²) >= 11 is 1.26. The van der Waals surface area contributed by atoms with Crippen LogP contribution >= 0.6 is 11.3 Å². The molecule has 1 amide bonds. The Hall–Kier alpha value is -1.56. The van der Waals surface area contributed by atoms with Gasteiger partial charge in [-0.1, -0.05) is 13.3 Å². The molecule has 0 aliphatic carbocycles. The van der Waals surface area contributed by atoms with E-state index in [9.17, 15) is 9.59 Å². The van der Waals surface area contributed by atoms with Crippen LogP contribution in [0.2, 0.25) is 0 Å².